The van der Waals surface area contributed by atoms with E-state index < -0.39 is 86.8 Å². The van der Waals surface area contributed by atoms with Crippen LogP contribution in [0.25, 0.3) is 0 Å². The van der Waals surface area contributed by atoms with Crippen molar-refractivity contribution in [3.63, 3.8) is 0 Å². The molecule has 0 aliphatic carbocycles. The van der Waals surface area contributed by atoms with Gasteiger partial charge in [-0.15, -0.1) is 0 Å². The van der Waals surface area contributed by atoms with Gasteiger partial charge in [-0.05, 0) is 77.0 Å². The molecule has 80 heavy (non-hydrogen) atoms. The van der Waals surface area contributed by atoms with Gasteiger partial charge in [0.15, 0.2) is 12.6 Å². The van der Waals surface area contributed by atoms with E-state index in [2.05, 4.69) is 67.8 Å². The first-order chi connectivity index (χ1) is 39.1. The summed E-state index contributed by atoms with van der Waals surface area (Å²) in [5.74, 6) is -0.262. The quantitative estimate of drug-likeness (QED) is 0.0204. The molecule has 0 radical (unpaired) electrons. The zero-order valence-electron chi connectivity index (χ0n) is 50.3. The Bertz CT molecular complexity index is 1570. The average Bonchev–Trinajstić information content (AvgIpc) is 3.49. The van der Waals surface area contributed by atoms with Crippen LogP contribution in [0.2, 0.25) is 0 Å². The molecule has 2 saturated heterocycles. The lowest BCUT2D eigenvalue weighted by atomic mass is 9.97. The highest BCUT2D eigenvalue weighted by atomic mass is 16.7. The van der Waals surface area contributed by atoms with Crippen LogP contribution in [0.4, 0.5) is 0 Å². The maximum atomic E-state index is 13.3. The van der Waals surface area contributed by atoms with E-state index >= 15 is 0 Å². The predicted octanol–water partition coefficient (Wildman–Crippen LogP) is 12.1. The number of allylic oxidation sites excluding steroid dienone is 9. The van der Waals surface area contributed by atoms with Crippen molar-refractivity contribution in [1.29, 1.82) is 0 Å². The molecule has 12 atom stereocenters. The number of aliphatic hydroxyl groups excluding tert-OH is 8. The smallest absolute Gasteiger partial charge is 0.220 e. The first kappa shape index (κ1) is 73.8. The van der Waals surface area contributed by atoms with Gasteiger partial charge in [0.25, 0.3) is 0 Å². The number of nitrogens with one attached hydrogen (secondary N) is 1. The van der Waals surface area contributed by atoms with E-state index in [1.807, 2.05) is 6.08 Å². The van der Waals surface area contributed by atoms with Gasteiger partial charge in [0, 0.05) is 6.42 Å². The Hall–Kier alpha value is -2.31. The molecule has 0 aromatic heterocycles. The van der Waals surface area contributed by atoms with Gasteiger partial charge in [-0.3, -0.25) is 4.79 Å². The summed E-state index contributed by atoms with van der Waals surface area (Å²) >= 11 is 0. The molecule has 12 unspecified atom stereocenters. The third-order valence-corrected chi connectivity index (χ3v) is 15.7. The molecule has 9 N–H and O–H groups in total. The summed E-state index contributed by atoms with van der Waals surface area (Å²) in [6, 6.07) is -0.945. The third-order valence-electron chi connectivity index (χ3n) is 15.7. The number of aliphatic hydroxyl groups is 8. The number of carbonyl (C=O) groups is 1. The van der Waals surface area contributed by atoms with Crippen molar-refractivity contribution >= 4 is 5.91 Å². The summed E-state index contributed by atoms with van der Waals surface area (Å²) in [5.41, 5.74) is 0. The molecule has 0 saturated carbocycles. The van der Waals surface area contributed by atoms with Gasteiger partial charge in [0.2, 0.25) is 5.91 Å². The normalized spacial score (nSPS) is 24.6. The highest BCUT2D eigenvalue weighted by molar-refractivity contribution is 5.76. The van der Waals surface area contributed by atoms with Crippen molar-refractivity contribution < 1.29 is 64.6 Å². The topological polar surface area (TPSA) is 228 Å². The van der Waals surface area contributed by atoms with Gasteiger partial charge in [-0.1, -0.05) is 235 Å². The Morgan fingerprint density at radius 2 is 0.838 bits per heavy atom. The predicted molar refractivity (Wildman–Crippen MR) is 323 cm³/mol. The van der Waals surface area contributed by atoms with Crippen molar-refractivity contribution in [2.45, 2.75) is 331 Å². The standard InChI is InChI=1S/C66H119NO13/c1-3-5-7-9-11-13-15-17-19-21-22-23-24-25-26-27-28-29-30-31-32-34-35-37-39-41-43-45-47-49-55(70)54(67-58(71)50-48-46-44-42-40-38-36-33-20-18-16-14-12-10-8-6-4-2)53-77-65-63(76)61(74)64(57(52-69)79-65)80-66-62(75)60(73)59(72)56(51-68)78-66/h12,14,18,20,32,34,39,41,47,49,54-57,59-66,68-70,72-76H,3-11,13,15-17,19,21-31,33,35-38,40,42-46,48,50-53H2,1-2H3,(H,67,71)/b14-12-,20-18-,34-32+,41-39+,49-47+. The number of ether oxygens (including phenoxy) is 4. The SMILES string of the molecule is CCCCC/C=C\C/C=C\CCCCCCCCCC(=O)NC(COC1OC(CO)C(OC2OC(CO)C(O)C(O)C2O)C(O)C1O)C(O)/C=C/CC/C=C/CC/C=C/CCCCCCCCCCCCCCCCCCCCC. The van der Waals surface area contributed by atoms with Crippen LogP contribution < -0.4 is 5.32 Å². The van der Waals surface area contributed by atoms with E-state index in [1.54, 1.807) is 6.08 Å². The van der Waals surface area contributed by atoms with E-state index in [1.165, 1.54) is 161 Å². The molecule has 0 aromatic carbocycles. The minimum atomic E-state index is -1.80. The van der Waals surface area contributed by atoms with Gasteiger partial charge >= 0.3 is 0 Å². The lowest BCUT2D eigenvalue weighted by molar-refractivity contribution is -0.359. The Morgan fingerprint density at radius 3 is 1.32 bits per heavy atom. The van der Waals surface area contributed by atoms with E-state index in [4.69, 9.17) is 18.9 Å². The Labute approximate surface area is 486 Å². The summed E-state index contributed by atoms with van der Waals surface area (Å²) in [5, 5.41) is 87.2. The minimum absolute atomic E-state index is 0.259. The molecule has 2 fully saturated rings. The molecule has 14 nitrogen and oxygen atoms in total. The molecule has 0 spiro atoms. The lowest BCUT2D eigenvalue weighted by Crippen LogP contribution is -2.65. The van der Waals surface area contributed by atoms with E-state index in [0.29, 0.717) is 12.8 Å². The molecular formula is C66H119NO13. The third kappa shape index (κ3) is 35.7. The second-order valence-corrected chi connectivity index (χ2v) is 22.9. The fraction of sp³-hybridized carbons (Fsp3) is 0.833. The molecule has 14 heteroatoms. The van der Waals surface area contributed by atoms with E-state index in [-0.39, 0.29) is 18.9 Å². The zero-order chi connectivity index (χ0) is 58.1. The van der Waals surface area contributed by atoms with Crippen LogP contribution in [-0.4, -0.2) is 140 Å². The van der Waals surface area contributed by atoms with Gasteiger partial charge < -0.3 is 65.1 Å². The molecular weight excluding hydrogens is 1010 g/mol. The van der Waals surface area contributed by atoms with Crippen LogP contribution in [0.5, 0.6) is 0 Å². The Balaban J connectivity index is 1.73. The molecule has 2 aliphatic rings. The molecule has 0 bridgehead atoms. The largest absolute Gasteiger partial charge is 0.394 e. The van der Waals surface area contributed by atoms with Crippen molar-refractivity contribution in [2.24, 2.45) is 0 Å². The monoisotopic (exact) mass is 1130 g/mol. The van der Waals surface area contributed by atoms with Gasteiger partial charge in [-0.25, -0.2) is 0 Å². The lowest BCUT2D eigenvalue weighted by Gasteiger charge is -2.46. The Morgan fingerprint density at radius 1 is 0.450 bits per heavy atom. The molecule has 1 amide bonds. The van der Waals surface area contributed by atoms with Crippen molar-refractivity contribution in [1.82, 2.24) is 5.32 Å². The van der Waals surface area contributed by atoms with Crippen molar-refractivity contribution in [3.05, 3.63) is 60.8 Å². The van der Waals surface area contributed by atoms with Crippen LogP contribution in [-0.2, 0) is 23.7 Å². The first-order valence-electron chi connectivity index (χ1n) is 32.5. The van der Waals surface area contributed by atoms with E-state index in [0.717, 1.165) is 64.2 Å². The molecule has 0 aromatic rings. The van der Waals surface area contributed by atoms with Crippen LogP contribution in [0.15, 0.2) is 60.8 Å². The zero-order valence-corrected chi connectivity index (χ0v) is 50.3. The summed E-state index contributed by atoms with van der Waals surface area (Å²) in [4.78, 5) is 13.3. The van der Waals surface area contributed by atoms with Gasteiger partial charge in [-0.2, -0.15) is 0 Å². The van der Waals surface area contributed by atoms with Crippen molar-refractivity contribution in [3.8, 4) is 0 Å². The van der Waals surface area contributed by atoms with Crippen LogP contribution >= 0.6 is 0 Å². The highest BCUT2D eigenvalue weighted by Crippen LogP contribution is 2.30. The minimum Gasteiger partial charge on any atom is -0.394 e. The second kappa shape index (κ2) is 51.1. The van der Waals surface area contributed by atoms with Crippen LogP contribution in [0, 0.1) is 0 Å². The number of amides is 1. The van der Waals surface area contributed by atoms with Gasteiger partial charge in [0.1, 0.15) is 48.8 Å². The number of unbranched alkanes of at least 4 members (excludes halogenated alkanes) is 31. The first-order valence-corrected chi connectivity index (χ1v) is 32.5. The van der Waals surface area contributed by atoms with Crippen LogP contribution in [0.3, 0.4) is 0 Å². The van der Waals surface area contributed by atoms with Crippen molar-refractivity contribution in [2.75, 3.05) is 19.8 Å². The average molecular weight is 1130 g/mol. The molecule has 2 rings (SSSR count). The second-order valence-electron chi connectivity index (χ2n) is 22.9. The Kier molecular flexibility index (Phi) is 47.2. The fourth-order valence-corrected chi connectivity index (χ4v) is 10.4. The number of hydrogen-bond donors (Lipinski definition) is 9. The summed E-state index contributed by atoms with van der Waals surface area (Å²) in [6.45, 7) is 2.76. The maximum Gasteiger partial charge on any atom is 0.220 e. The molecule has 466 valence electrons. The molecule has 2 heterocycles. The van der Waals surface area contributed by atoms with Gasteiger partial charge in [0.05, 0.1) is 32.0 Å². The summed E-state index contributed by atoms with van der Waals surface area (Å²) in [6.07, 6.45) is 49.9. The fourth-order valence-electron chi connectivity index (χ4n) is 10.4. The number of rotatable bonds is 52. The maximum absolute atomic E-state index is 13.3. The highest BCUT2D eigenvalue weighted by Gasteiger charge is 2.51. The summed E-state index contributed by atoms with van der Waals surface area (Å²) in [7, 11) is 0. The summed E-state index contributed by atoms with van der Waals surface area (Å²) < 4.78 is 22.8. The van der Waals surface area contributed by atoms with Crippen LogP contribution in [0.1, 0.15) is 258 Å². The number of carbonyl (C=O) groups excluding carboxylic acids is 1. The van der Waals surface area contributed by atoms with E-state index in [9.17, 15) is 45.6 Å². The number of hydrogen-bond acceptors (Lipinski definition) is 13. The molecule has 2 aliphatic heterocycles.